The number of rotatable bonds is 4. The summed E-state index contributed by atoms with van der Waals surface area (Å²) in [6.45, 7) is 2.04. The molecule has 1 N–H and O–H groups in total. The second kappa shape index (κ2) is 7.35. The van der Waals surface area contributed by atoms with Crippen molar-refractivity contribution >= 4 is 22.0 Å². The smallest absolute Gasteiger partial charge is 0.317 e. The van der Waals surface area contributed by atoms with Gasteiger partial charge in [-0.05, 0) is 37.3 Å². The molecule has 0 spiro atoms. The number of halogens is 2. The van der Waals surface area contributed by atoms with E-state index in [1.807, 2.05) is 25.1 Å². The zero-order valence-corrected chi connectivity index (χ0v) is 14.0. The van der Waals surface area contributed by atoms with Gasteiger partial charge >= 0.3 is 6.03 Å². The molecule has 0 saturated carbocycles. The Morgan fingerprint density at radius 2 is 2.18 bits per heavy atom. The van der Waals surface area contributed by atoms with Gasteiger partial charge in [0.1, 0.15) is 5.82 Å². The van der Waals surface area contributed by atoms with E-state index in [-0.39, 0.29) is 24.4 Å². The quantitative estimate of drug-likeness (QED) is 0.893. The third-order valence-corrected chi connectivity index (χ3v) is 3.73. The fraction of sp³-hybridized carbons (Fsp3) is 0.250. The lowest BCUT2D eigenvalue weighted by molar-refractivity contribution is 0.203. The van der Waals surface area contributed by atoms with Gasteiger partial charge in [-0.2, -0.15) is 0 Å². The van der Waals surface area contributed by atoms with Crippen LogP contribution in [0.3, 0.4) is 0 Å². The average Bonchev–Trinajstić information content (AvgIpc) is 2.51. The van der Waals surface area contributed by atoms with Crippen LogP contribution in [0.1, 0.15) is 24.2 Å². The lowest BCUT2D eigenvalue weighted by Crippen LogP contribution is -2.38. The molecule has 1 aromatic heterocycles. The monoisotopic (exact) mass is 365 g/mol. The minimum Gasteiger partial charge on any atom is -0.330 e. The summed E-state index contributed by atoms with van der Waals surface area (Å²) in [7, 11) is 1.63. The molecule has 1 aromatic carbocycles. The molecule has 2 aromatic rings. The van der Waals surface area contributed by atoms with Crippen molar-refractivity contribution in [3.8, 4) is 0 Å². The van der Waals surface area contributed by atoms with Crippen LogP contribution in [-0.2, 0) is 6.54 Å². The highest BCUT2D eigenvalue weighted by Crippen LogP contribution is 2.17. The topological polar surface area (TPSA) is 45.2 Å². The van der Waals surface area contributed by atoms with E-state index in [4.69, 9.17) is 0 Å². The van der Waals surface area contributed by atoms with Crippen LogP contribution in [0.4, 0.5) is 9.18 Å². The SMILES string of the molecule is CC(NC(=O)N(C)Cc1cc(Br)ccc1F)c1ccccn1. The number of urea groups is 1. The summed E-state index contributed by atoms with van der Waals surface area (Å²) in [5.74, 6) is -0.333. The van der Waals surface area contributed by atoms with E-state index in [1.54, 1.807) is 25.4 Å². The molecule has 0 fully saturated rings. The molecular formula is C16H17BrFN3O. The molecule has 4 nitrogen and oxygen atoms in total. The van der Waals surface area contributed by atoms with Crippen molar-refractivity contribution in [2.45, 2.75) is 19.5 Å². The fourth-order valence-corrected chi connectivity index (χ4v) is 2.40. The van der Waals surface area contributed by atoms with Crippen LogP contribution in [0.25, 0.3) is 0 Å². The number of nitrogens with one attached hydrogen (secondary N) is 1. The van der Waals surface area contributed by atoms with Gasteiger partial charge in [0.25, 0.3) is 0 Å². The minimum absolute atomic E-state index is 0.187. The Morgan fingerprint density at radius 3 is 2.86 bits per heavy atom. The number of amides is 2. The molecule has 1 unspecified atom stereocenters. The molecule has 1 heterocycles. The van der Waals surface area contributed by atoms with Crippen molar-refractivity contribution < 1.29 is 9.18 Å². The van der Waals surface area contributed by atoms with Gasteiger partial charge in [-0.15, -0.1) is 0 Å². The Balaban J connectivity index is 1.99. The Kier molecular flexibility index (Phi) is 5.49. The van der Waals surface area contributed by atoms with Gasteiger partial charge in [0.2, 0.25) is 0 Å². The molecule has 0 bridgehead atoms. The Hall–Kier alpha value is -1.95. The van der Waals surface area contributed by atoms with E-state index in [9.17, 15) is 9.18 Å². The molecular weight excluding hydrogens is 349 g/mol. The van der Waals surface area contributed by atoms with Crippen LogP contribution in [0.15, 0.2) is 47.1 Å². The number of hydrogen-bond donors (Lipinski definition) is 1. The van der Waals surface area contributed by atoms with Gasteiger partial charge in [0.15, 0.2) is 0 Å². The summed E-state index contributed by atoms with van der Waals surface area (Å²) in [6, 6.07) is 9.71. The first-order valence-corrected chi connectivity index (χ1v) is 7.63. The van der Waals surface area contributed by atoms with Crippen LogP contribution >= 0.6 is 15.9 Å². The number of pyridine rings is 1. The van der Waals surface area contributed by atoms with Crippen LogP contribution in [0, 0.1) is 5.82 Å². The van der Waals surface area contributed by atoms with E-state index in [1.165, 1.54) is 11.0 Å². The molecule has 6 heteroatoms. The number of nitrogens with zero attached hydrogens (tertiary/aromatic N) is 2. The third-order valence-electron chi connectivity index (χ3n) is 3.23. The van der Waals surface area contributed by atoms with Crippen LogP contribution in [0.2, 0.25) is 0 Å². The molecule has 2 amide bonds. The van der Waals surface area contributed by atoms with Crippen molar-refractivity contribution in [1.82, 2.24) is 15.2 Å². The van der Waals surface area contributed by atoms with E-state index in [0.717, 1.165) is 10.2 Å². The van der Waals surface area contributed by atoms with E-state index in [0.29, 0.717) is 5.56 Å². The zero-order chi connectivity index (χ0) is 16.1. The molecule has 0 aliphatic rings. The fourth-order valence-electron chi connectivity index (χ4n) is 1.99. The minimum atomic E-state index is -0.333. The second-order valence-electron chi connectivity index (χ2n) is 5.02. The Morgan fingerprint density at radius 1 is 1.41 bits per heavy atom. The lowest BCUT2D eigenvalue weighted by atomic mass is 10.2. The number of carbonyl (C=O) groups is 1. The molecule has 0 saturated heterocycles. The summed E-state index contributed by atoms with van der Waals surface area (Å²) in [4.78, 5) is 17.8. The van der Waals surface area contributed by atoms with Gasteiger partial charge in [0.05, 0.1) is 11.7 Å². The molecule has 2 rings (SSSR count). The summed E-state index contributed by atoms with van der Waals surface area (Å²) >= 11 is 3.30. The summed E-state index contributed by atoms with van der Waals surface area (Å²) in [5, 5.41) is 2.84. The molecule has 116 valence electrons. The van der Waals surface area contributed by atoms with Gasteiger partial charge in [-0.25, -0.2) is 9.18 Å². The first-order valence-electron chi connectivity index (χ1n) is 6.84. The second-order valence-corrected chi connectivity index (χ2v) is 5.93. The zero-order valence-electron chi connectivity index (χ0n) is 12.4. The van der Waals surface area contributed by atoms with Crippen molar-refractivity contribution in [3.63, 3.8) is 0 Å². The third kappa shape index (κ3) is 4.27. The maximum absolute atomic E-state index is 13.7. The van der Waals surface area contributed by atoms with Crippen LogP contribution in [0.5, 0.6) is 0 Å². The number of benzene rings is 1. The van der Waals surface area contributed by atoms with Crippen molar-refractivity contribution in [2.24, 2.45) is 0 Å². The van der Waals surface area contributed by atoms with Gasteiger partial charge in [-0.3, -0.25) is 4.98 Å². The predicted molar refractivity (Wildman–Crippen MR) is 86.8 cm³/mol. The highest BCUT2D eigenvalue weighted by Gasteiger charge is 2.15. The first-order chi connectivity index (χ1) is 10.5. The molecule has 22 heavy (non-hydrogen) atoms. The maximum Gasteiger partial charge on any atom is 0.317 e. The summed E-state index contributed by atoms with van der Waals surface area (Å²) in [5.41, 5.74) is 1.23. The maximum atomic E-state index is 13.7. The Bertz CT molecular complexity index is 651. The van der Waals surface area contributed by atoms with Gasteiger partial charge < -0.3 is 10.2 Å². The summed E-state index contributed by atoms with van der Waals surface area (Å²) in [6.07, 6.45) is 1.68. The highest BCUT2D eigenvalue weighted by atomic mass is 79.9. The molecule has 0 radical (unpaired) electrons. The van der Waals surface area contributed by atoms with Gasteiger partial charge in [0, 0.05) is 29.8 Å². The van der Waals surface area contributed by atoms with E-state index < -0.39 is 0 Å². The Labute approximate surface area is 137 Å². The highest BCUT2D eigenvalue weighted by molar-refractivity contribution is 9.10. The van der Waals surface area contributed by atoms with Crippen molar-refractivity contribution in [3.05, 3.63) is 64.1 Å². The first kappa shape index (κ1) is 16.4. The van der Waals surface area contributed by atoms with Crippen LogP contribution in [-0.4, -0.2) is 23.0 Å². The number of aromatic nitrogens is 1. The van der Waals surface area contributed by atoms with Gasteiger partial charge in [-0.1, -0.05) is 22.0 Å². The van der Waals surface area contributed by atoms with E-state index in [2.05, 4.69) is 26.2 Å². The van der Waals surface area contributed by atoms with Crippen molar-refractivity contribution in [2.75, 3.05) is 7.05 Å². The summed E-state index contributed by atoms with van der Waals surface area (Å²) < 4.78 is 14.5. The molecule has 0 aliphatic heterocycles. The number of hydrogen-bond acceptors (Lipinski definition) is 2. The number of carbonyl (C=O) groups excluding carboxylic acids is 1. The van der Waals surface area contributed by atoms with Crippen LogP contribution < -0.4 is 5.32 Å². The average molecular weight is 366 g/mol. The molecule has 1 atom stereocenters. The molecule has 0 aliphatic carbocycles. The standard InChI is InChI=1S/C16H17BrFN3O/c1-11(15-5-3-4-8-19-15)20-16(22)21(2)10-12-9-13(17)6-7-14(12)18/h3-9,11H,10H2,1-2H3,(H,20,22). The van der Waals surface area contributed by atoms with Crippen molar-refractivity contribution in [1.29, 1.82) is 0 Å². The normalized spacial score (nSPS) is 11.8. The lowest BCUT2D eigenvalue weighted by Gasteiger charge is -2.21. The predicted octanol–water partition coefficient (Wildman–Crippen LogP) is 3.89. The largest absolute Gasteiger partial charge is 0.330 e. The van der Waals surface area contributed by atoms with E-state index >= 15 is 0 Å².